The van der Waals surface area contributed by atoms with E-state index in [0.29, 0.717) is 11.1 Å². The lowest BCUT2D eigenvalue weighted by Crippen LogP contribution is -2.40. The highest BCUT2D eigenvalue weighted by Crippen LogP contribution is 2.34. The summed E-state index contributed by atoms with van der Waals surface area (Å²) in [4.78, 5) is 23.5. The van der Waals surface area contributed by atoms with Crippen LogP contribution in [0.2, 0.25) is 0 Å². The Bertz CT molecular complexity index is 777. The van der Waals surface area contributed by atoms with Crippen LogP contribution in [-0.4, -0.2) is 39.9 Å². The van der Waals surface area contributed by atoms with E-state index in [2.05, 4.69) is 0 Å². The van der Waals surface area contributed by atoms with Gasteiger partial charge in [-0.25, -0.2) is 4.79 Å². The topological polar surface area (TPSA) is 130 Å². The normalized spacial score (nSPS) is 14.2. The molecule has 0 bridgehead atoms. The van der Waals surface area contributed by atoms with E-state index >= 15 is 0 Å². The number of aromatic hydroxyl groups is 2. The fourth-order valence-electron chi connectivity index (χ4n) is 2.76. The predicted octanol–water partition coefficient (Wildman–Crippen LogP) is 2.09. The predicted molar refractivity (Wildman–Crippen MR) is 94.0 cm³/mol. The number of esters is 1. The van der Waals surface area contributed by atoms with Crippen molar-refractivity contribution in [3.63, 3.8) is 0 Å². The van der Waals surface area contributed by atoms with Gasteiger partial charge in [-0.3, -0.25) is 4.79 Å². The molecule has 26 heavy (non-hydrogen) atoms. The molecule has 0 radical (unpaired) electrons. The number of carbonyl (C=O) groups excluding carboxylic acids is 1. The van der Waals surface area contributed by atoms with Gasteiger partial charge in [0, 0.05) is 5.92 Å². The molecule has 0 saturated heterocycles. The molecule has 0 heterocycles. The molecule has 0 aliphatic carbocycles. The van der Waals surface area contributed by atoms with Crippen molar-refractivity contribution in [2.45, 2.75) is 18.9 Å². The summed E-state index contributed by atoms with van der Waals surface area (Å²) in [6, 6.07) is 11.2. The fraction of sp³-hybridized carbons (Fsp3) is 0.263. The van der Waals surface area contributed by atoms with Crippen molar-refractivity contribution in [3.8, 4) is 11.5 Å². The molecule has 7 nitrogen and oxygen atoms in total. The van der Waals surface area contributed by atoms with E-state index in [4.69, 9.17) is 10.5 Å². The fourth-order valence-corrected chi connectivity index (χ4v) is 2.76. The van der Waals surface area contributed by atoms with Gasteiger partial charge in [0.2, 0.25) is 0 Å². The van der Waals surface area contributed by atoms with Crippen molar-refractivity contribution < 1.29 is 29.6 Å². The lowest BCUT2D eigenvalue weighted by molar-refractivity contribution is -0.139. The summed E-state index contributed by atoms with van der Waals surface area (Å²) in [5.41, 5.74) is 6.63. The molecule has 0 saturated carbocycles. The molecule has 2 aromatic rings. The number of carboxylic acid groups (broad SMARTS) is 1. The number of benzene rings is 2. The van der Waals surface area contributed by atoms with Crippen LogP contribution in [-0.2, 0) is 9.53 Å². The van der Waals surface area contributed by atoms with Crippen LogP contribution in [0.4, 0.5) is 0 Å². The first-order chi connectivity index (χ1) is 12.3. The van der Waals surface area contributed by atoms with Gasteiger partial charge >= 0.3 is 11.9 Å². The minimum Gasteiger partial charge on any atom is -0.504 e. The quantitative estimate of drug-likeness (QED) is 0.440. The summed E-state index contributed by atoms with van der Waals surface area (Å²) < 4.78 is 5.28. The van der Waals surface area contributed by atoms with Crippen molar-refractivity contribution in [2.24, 2.45) is 11.7 Å². The Balaban J connectivity index is 2.17. The van der Waals surface area contributed by atoms with Crippen molar-refractivity contribution in [3.05, 3.63) is 59.7 Å². The van der Waals surface area contributed by atoms with Crippen LogP contribution in [0.15, 0.2) is 48.5 Å². The Morgan fingerprint density at radius 2 is 1.73 bits per heavy atom. The second kappa shape index (κ2) is 8.35. The molecule has 1 unspecified atom stereocenters. The Hall–Kier alpha value is -3.06. The molecule has 7 heteroatoms. The molecular formula is C19H21NO6. The van der Waals surface area contributed by atoms with Crippen LogP contribution in [0.1, 0.15) is 28.8 Å². The molecule has 0 aliphatic rings. The number of phenols is 2. The molecule has 5 N–H and O–H groups in total. The third kappa shape index (κ3) is 4.52. The second-order valence-corrected chi connectivity index (χ2v) is 6.08. The van der Waals surface area contributed by atoms with Gasteiger partial charge in [-0.05, 0) is 35.7 Å². The Morgan fingerprint density at radius 1 is 1.08 bits per heavy atom. The third-order valence-electron chi connectivity index (χ3n) is 4.16. The van der Waals surface area contributed by atoms with Gasteiger partial charge in [0.05, 0.1) is 12.2 Å². The summed E-state index contributed by atoms with van der Waals surface area (Å²) in [5, 5.41) is 28.4. The molecule has 0 aliphatic heterocycles. The van der Waals surface area contributed by atoms with Gasteiger partial charge in [0.25, 0.3) is 0 Å². The summed E-state index contributed by atoms with van der Waals surface area (Å²) >= 11 is 0. The Morgan fingerprint density at radius 3 is 2.31 bits per heavy atom. The van der Waals surface area contributed by atoms with Crippen molar-refractivity contribution in [2.75, 3.05) is 6.61 Å². The molecular weight excluding hydrogens is 338 g/mol. The molecule has 0 amide bonds. The average Bonchev–Trinajstić information content (AvgIpc) is 2.63. The van der Waals surface area contributed by atoms with Crippen LogP contribution in [0.3, 0.4) is 0 Å². The Labute approximate surface area is 150 Å². The van der Waals surface area contributed by atoms with Gasteiger partial charge in [0.15, 0.2) is 11.5 Å². The lowest BCUT2D eigenvalue weighted by Gasteiger charge is -2.27. The highest BCUT2D eigenvalue weighted by molar-refractivity contribution is 5.89. The molecule has 2 rings (SSSR count). The maximum Gasteiger partial charge on any atom is 0.338 e. The molecule has 0 fully saturated rings. The summed E-state index contributed by atoms with van der Waals surface area (Å²) in [6.45, 7) is 1.65. The highest BCUT2D eigenvalue weighted by Gasteiger charge is 2.32. The second-order valence-electron chi connectivity index (χ2n) is 6.08. The molecule has 0 aromatic heterocycles. The van der Waals surface area contributed by atoms with Crippen molar-refractivity contribution >= 4 is 11.9 Å². The summed E-state index contributed by atoms with van der Waals surface area (Å²) in [7, 11) is 0. The Kier molecular flexibility index (Phi) is 6.19. The number of hydrogen-bond donors (Lipinski definition) is 4. The smallest absolute Gasteiger partial charge is 0.338 e. The average molecular weight is 359 g/mol. The van der Waals surface area contributed by atoms with E-state index in [1.54, 1.807) is 37.3 Å². The van der Waals surface area contributed by atoms with Gasteiger partial charge < -0.3 is 25.8 Å². The van der Waals surface area contributed by atoms with Crippen LogP contribution in [0, 0.1) is 5.92 Å². The van der Waals surface area contributed by atoms with Crippen LogP contribution < -0.4 is 5.73 Å². The maximum atomic E-state index is 12.1. The largest absolute Gasteiger partial charge is 0.504 e. The monoisotopic (exact) mass is 359 g/mol. The van der Waals surface area contributed by atoms with Crippen LogP contribution >= 0.6 is 0 Å². The van der Waals surface area contributed by atoms with Gasteiger partial charge in [-0.15, -0.1) is 0 Å². The van der Waals surface area contributed by atoms with Crippen LogP contribution in [0.5, 0.6) is 11.5 Å². The number of hydrogen-bond acceptors (Lipinski definition) is 6. The first-order valence-corrected chi connectivity index (χ1v) is 8.03. The van der Waals surface area contributed by atoms with E-state index in [1.165, 1.54) is 18.2 Å². The number of phenolic OH excluding ortho intramolecular Hbond substituents is 2. The number of aliphatic carboxylic acids is 1. The molecule has 0 spiro atoms. The van der Waals surface area contributed by atoms with Crippen LogP contribution in [0.25, 0.3) is 0 Å². The van der Waals surface area contributed by atoms with Crippen molar-refractivity contribution in [1.82, 2.24) is 0 Å². The van der Waals surface area contributed by atoms with Gasteiger partial charge in [0.1, 0.15) is 6.04 Å². The zero-order chi connectivity index (χ0) is 19.3. The number of nitrogens with two attached hydrogens (primary N) is 1. The first-order valence-electron chi connectivity index (χ1n) is 8.03. The van der Waals surface area contributed by atoms with E-state index in [1.807, 2.05) is 0 Å². The summed E-state index contributed by atoms with van der Waals surface area (Å²) in [6.07, 6.45) is 0. The van der Waals surface area contributed by atoms with Gasteiger partial charge in [-0.1, -0.05) is 31.2 Å². The summed E-state index contributed by atoms with van der Waals surface area (Å²) in [5.74, 6) is -3.61. The maximum absolute atomic E-state index is 12.1. The zero-order valence-corrected chi connectivity index (χ0v) is 14.2. The van der Waals surface area contributed by atoms with E-state index in [-0.39, 0.29) is 18.1 Å². The lowest BCUT2D eigenvalue weighted by atomic mass is 9.82. The highest BCUT2D eigenvalue weighted by atomic mass is 16.5. The molecule has 3 atom stereocenters. The SMILES string of the molecule is C[C@@H](COC(=O)c1ccccc1)C(c1ccc(O)c(O)c1)[C@H](N)C(=O)O. The number of ether oxygens (including phenoxy) is 1. The van der Waals surface area contributed by atoms with E-state index in [9.17, 15) is 24.9 Å². The minimum atomic E-state index is -1.27. The number of carboxylic acids is 1. The zero-order valence-electron chi connectivity index (χ0n) is 14.2. The minimum absolute atomic E-state index is 0.0546. The van der Waals surface area contributed by atoms with Gasteiger partial charge in [-0.2, -0.15) is 0 Å². The molecule has 138 valence electrons. The number of carbonyl (C=O) groups is 2. The standard InChI is InChI=1S/C19H21NO6/c1-11(10-26-19(25)12-5-3-2-4-6-12)16(17(20)18(23)24)13-7-8-14(21)15(22)9-13/h2-9,11,16-17,21-22H,10,20H2,1H3,(H,23,24)/t11-,16?,17-/m0/s1. The molecule has 2 aromatic carbocycles. The van der Waals surface area contributed by atoms with E-state index in [0.717, 1.165) is 0 Å². The van der Waals surface area contributed by atoms with Crippen molar-refractivity contribution in [1.29, 1.82) is 0 Å². The first kappa shape index (κ1) is 19.3. The number of rotatable bonds is 7. The third-order valence-corrected chi connectivity index (χ3v) is 4.16. The van der Waals surface area contributed by atoms with E-state index < -0.39 is 29.8 Å².